The lowest BCUT2D eigenvalue weighted by atomic mass is 9.97. The lowest BCUT2D eigenvalue weighted by Crippen LogP contribution is -2.59. The van der Waals surface area contributed by atoms with Crippen LogP contribution in [-0.2, 0) is 4.74 Å². The smallest absolute Gasteiger partial charge is 0.269 e. The molecule has 1 aromatic rings. The zero-order valence-corrected chi connectivity index (χ0v) is 11.2. The molecule has 1 aromatic carbocycles. The molecule has 3 N–H and O–H groups in total. The first-order valence-corrected chi connectivity index (χ1v) is 6.34. The van der Waals surface area contributed by atoms with E-state index in [4.69, 9.17) is 14.6 Å². The van der Waals surface area contributed by atoms with Gasteiger partial charge in [-0.15, -0.1) is 0 Å². The van der Waals surface area contributed by atoms with Crippen molar-refractivity contribution in [2.75, 3.05) is 6.61 Å². The first kappa shape index (κ1) is 16.2. The van der Waals surface area contributed by atoms with Gasteiger partial charge in [-0.1, -0.05) is 5.18 Å². The van der Waals surface area contributed by atoms with Gasteiger partial charge in [0.05, 0.1) is 11.5 Å². The van der Waals surface area contributed by atoms with Crippen molar-refractivity contribution in [3.05, 3.63) is 39.3 Å². The SMILES string of the molecule is O=N[C@@H]1[C@H](O)[C@@H](O)[C@@H](Oc2ccc([N+](=O)[O-])cc2)O[C@@H]1CO. The van der Waals surface area contributed by atoms with Crippen molar-refractivity contribution in [3.8, 4) is 5.75 Å². The number of hydrogen-bond acceptors (Lipinski definition) is 9. The number of benzene rings is 1. The van der Waals surface area contributed by atoms with Crippen LogP contribution in [0, 0.1) is 15.0 Å². The molecule has 10 heteroatoms. The van der Waals surface area contributed by atoms with E-state index in [9.17, 15) is 25.2 Å². The zero-order valence-electron chi connectivity index (χ0n) is 11.2. The minimum atomic E-state index is -1.57. The molecule has 1 aliphatic heterocycles. The average Bonchev–Trinajstić information content (AvgIpc) is 2.52. The Kier molecular flexibility index (Phi) is 4.98. The standard InChI is InChI=1S/C12H14N2O8/c15-5-8-9(13-18)10(16)11(17)12(22-8)21-7-3-1-6(2-4-7)14(19)20/h1-4,8-12,15-17H,5H2/t8-,9+,10+,11-,12+/m1/s1. The Labute approximate surface area is 124 Å². The maximum Gasteiger partial charge on any atom is 0.269 e. The molecule has 0 aliphatic carbocycles. The first-order chi connectivity index (χ1) is 10.5. The van der Waals surface area contributed by atoms with E-state index < -0.39 is 42.2 Å². The molecule has 0 aromatic heterocycles. The number of aliphatic hydroxyl groups is 3. The predicted molar refractivity (Wildman–Crippen MR) is 71.1 cm³/mol. The number of hydrogen-bond donors (Lipinski definition) is 3. The second-order valence-electron chi connectivity index (χ2n) is 4.67. The molecule has 0 amide bonds. The Morgan fingerprint density at radius 2 is 1.91 bits per heavy atom. The maximum absolute atomic E-state index is 10.6. The molecule has 0 spiro atoms. The highest BCUT2D eigenvalue weighted by molar-refractivity contribution is 5.36. The molecule has 1 aliphatic rings. The van der Waals surface area contributed by atoms with Gasteiger partial charge in [-0.2, -0.15) is 4.91 Å². The summed E-state index contributed by atoms with van der Waals surface area (Å²) in [5.74, 6) is 0.149. The number of ether oxygens (including phenoxy) is 2. The predicted octanol–water partition coefficient (Wildman–Crippen LogP) is -0.452. The van der Waals surface area contributed by atoms with Crippen molar-refractivity contribution < 1.29 is 29.7 Å². The van der Waals surface area contributed by atoms with Gasteiger partial charge in [0.2, 0.25) is 6.29 Å². The van der Waals surface area contributed by atoms with E-state index in [0.717, 1.165) is 0 Å². The van der Waals surface area contributed by atoms with Gasteiger partial charge in [0.15, 0.2) is 0 Å². The quantitative estimate of drug-likeness (QED) is 0.375. The number of rotatable bonds is 5. The summed E-state index contributed by atoms with van der Waals surface area (Å²) in [6.45, 7) is -0.597. The van der Waals surface area contributed by atoms with Gasteiger partial charge in [-0.25, -0.2) is 0 Å². The fourth-order valence-electron chi connectivity index (χ4n) is 2.08. The summed E-state index contributed by atoms with van der Waals surface area (Å²) in [4.78, 5) is 20.6. The Balaban J connectivity index is 2.11. The van der Waals surface area contributed by atoms with Crippen molar-refractivity contribution >= 4 is 5.69 Å². The number of aliphatic hydroxyl groups excluding tert-OH is 3. The average molecular weight is 314 g/mol. The molecule has 120 valence electrons. The summed E-state index contributed by atoms with van der Waals surface area (Å²) in [5.41, 5.74) is -0.143. The summed E-state index contributed by atoms with van der Waals surface area (Å²) >= 11 is 0. The Morgan fingerprint density at radius 3 is 2.41 bits per heavy atom. The van der Waals surface area contributed by atoms with Crippen LogP contribution in [0.15, 0.2) is 29.4 Å². The molecule has 1 heterocycles. The Hall–Kier alpha value is -2.14. The fourth-order valence-corrected chi connectivity index (χ4v) is 2.08. The highest BCUT2D eigenvalue weighted by atomic mass is 16.7. The van der Waals surface area contributed by atoms with Crippen molar-refractivity contribution in [2.24, 2.45) is 5.18 Å². The second-order valence-corrected chi connectivity index (χ2v) is 4.67. The van der Waals surface area contributed by atoms with Crippen LogP contribution in [0.1, 0.15) is 0 Å². The van der Waals surface area contributed by atoms with Crippen LogP contribution in [0.25, 0.3) is 0 Å². The van der Waals surface area contributed by atoms with Gasteiger partial charge in [0, 0.05) is 12.1 Å². The van der Waals surface area contributed by atoms with Gasteiger partial charge in [0.25, 0.3) is 5.69 Å². The van der Waals surface area contributed by atoms with E-state index in [1.807, 2.05) is 0 Å². The minimum absolute atomic E-state index is 0.143. The van der Waals surface area contributed by atoms with Gasteiger partial charge in [-0.3, -0.25) is 10.1 Å². The lowest BCUT2D eigenvalue weighted by molar-refractivity contribution is -0.384. The van der Waals surface area contributed by atoms with Crippen molar-refractivity contribution in [1.29, 1.82) is 0 Å². The maximum atomic E-state index is 10.6. The second kappa shape index (κ2) is 6.75. The van der Waals surface area contributed by atoms with E-state index >= 15 is 0 Å². The summed E-state index contributed by atoms with van der Waals surface area (Å²) in [6, 6.07) is 3.65. The van der Waals surface area contributed by atoms with E-state index in [1.54, 1.807) is 0 Å². The van der Waals surface area contributed by atoms with Crippen LogP contribution in [0.2, 0.25) is 0 Å². The topological polar surface area (TPSA) is 152 Å². The number of nitro groups is 1. The van der Waals surface area contributed by atoms with Crippen molar-refractivity contribution in [2.45, 2.75) is 30.6 Å². The molecule has 22 heavy (non-hydrogen) atoms. The fraction of sp³-hybridized carbons (Fsp3) is 0.500. The van der Waals surface area contributed by atoms with Crippen LogP contribution >= 0.6 is 0 Å². The van der Waals surface area contributed by atoms with Gasteiger partial charge < -0.3 is 24.8 Å². The summed E-state index contributed by atoms with van der Waals surface area (Å²) in [7, 11) is 0. The third-order valence-corrected chi connectivity index (χ3v) is 3.27. The normalized spacial score (nSPS) is 31.5. The van der Waals surface area contributed by atoms with Crippen LogP contribution in [0.4, 0.5) is 5.69 Å². The van der Waals surface area contributed by atoms with E-state index in [2.05, 4.69) is 5.18 Å². The summed E-state index contributed by atoms with van der Waals surface area (Å²) in [5, 5.41) is 42.0. The number of non-ortho nitro benzene ring substituents is 1. The van der Waals surface area contributed by atoms with Gasteiger partial charge >= 0.3 is 0 Å². The van der Waals surface area contributed by atoms with E-state index in [-0.39, 0.29) is 11.4 Å². The Bertz CT molecular complexity index is 534. The Morgan fingerprint density at radius 1 is 1.27 bits per heavy atom. The van der Waals surface area contributed by atoms with Crippen LogP contribution < -0.4 is 4.74 Å². The molecule has 5 atom stereocenters. The van der Waals surface area contributed by atoms with Crippen molar-refractivity contribution in [1.82, 2.24) is 0 Å². The largest absolute Gasteiger partial charge is 0.462 e. The molecule has 0 radical (unpaired) electrons. The van der Waals surface area contributed by atoms with Crippen LogP contribution in [-0.4, -0.2) is 57.5 Å². The molecular formula is C12H14N2O8. The number of nitrogens with zero attached hydrogens (tertiary/aromatic N) is 2. The monoisotopic (exact) mass is 314 g/mol. The molecule has 2 rings (SSSR count). The zero-order chi connectivity index (χ0) is 16.3. The molecule has 1 fully saturated rings. The van der Waals surface area contributed by atoms with Crippen LogP contribution in [0.5, 0.6) is 5.75 Å². The highest BCUT2D eigenvalue weighted by Crippen LogP contribution is 2.26. The third-order valence-electron chi connectivity index (χ3n) is 3.27. The first-order valence-electron chi connectivity index (χ1n) is 6.34. The van der Waals surface area contributed by atoms with E-state index in [0.29, 0.717) is 0 Å². The molecular weight excluding hydrogens is 300 g/mol. The molecule has 0 saturated carbocycles. The summed E-state index contributed by atoms with van der Waals surface area (Å²) in [6.07, 6.45) is -5.61. The summed E-state index contributed by atoms with van der Waals surface area (Å²) < 4.78 is 10.5. The van der Waals surface area contributed by atoms with Gasteiger partial charge in [-0.05, 0) is 12.1 Å². The lowest BCUT2D eigenvalue weighted by Gasteiger charge is -2.38. The molecule has 10 nitrogen and oxygen atoms in total. The third kappa shape index (κ3) is 3.20. The molecule has 1 saturated heterocycles. The number of nitroso groups, excluding NO2 is 1. The van der Waals surface area contributed by atoms with Gasteiger partial charge in [0.1, 0.15) is 30.1 Å². The minimum Gasteiger partial charge on any atom is -0.462 e. The molecule has 0 bridgehead atoms. The highest BCUT2D eigenvalue weighted by Gasteiger charge is 2.46. The number of nitro benzene ring substituents is 1. The van der Waals surface area contributed by atoms with E-state index in [1.165, 1.54) is 24.3 Å². The van der Waals surface area contributed by atoms with Crippen molar-refractivity contribution in [3.63, 3.8) is 0 Å². The van der Waals surface area contributed by atoms with Crippen LogP contribution in [0.3, 0.4) is 0 Å². The molecule has 0 unspecified atom stereocenters.